The van der Waals surface area contributed by atoms with E-state index in [0.717, 1.165) is 17.5 Å². The predicted molar refractivity (Wildman–Crippen MR) is 62.2 cm³/mol. The summed E-state index contributed by atoms with van der Waals surface area (Å²) < 4.78 is 6.88. The van der Waals surface area contributed by atoms with E-state index in [0.29, 0.717) is 24.0 Å². The summed E-state index contributed by atoms with van der Waals surface area (Å²) in [5.74, 6) is 2.63. The quantitative estimate of drug-likeness (QED) is 0.786. The van der Waals surface area contributed by atoms with Gasteiger partial charge < -0.3 is 14.8 Å². The molecule has 0 aliphatic heterocycles. The molecule has 2 heterocycles. The third-order valence-corrected chi connectivity index (χ3v) is 3.16. The van der Waals surface area contributed by atoms with Crippen LogP contribution < -0.4 is 5.73 Å². The Morgan fingerprint density at radius 2 is 2.24 bits per heavy atom. The molecular weight excluding hydrogens is 240 g/mol. The van der Waals surface area contributed by atoms with Gasteiger partial charge in [0, 0.05) is 13.5 Å². The number of rotatable bonds is 5. The van der Waals surface area contributed by atoms with Crippen molar-refractivity contribution < 1.29 is 4.52 Å². The molecule has 2 N–H and O–H groups in total. The molecule has 0 aromatic carbocycles. The third kappa shape index (κ3) is 2.64. The Kier molecular flexibility index (Phi) is 3.75. The standard InChI is InChI=1S/C9H14N6OS/c1-3-15-8(4-10)12-13-9(15)17-5-7-11-6(2)16-14-7/h3-5,10H2,1-2H3. The number of aryl methyl sites for hydroxylation is 1. The van der Waals surface area contributed by atoms with Crippen LogP contribution in [-0.2, 0) is 18.8 Å². The number of aromatic nitrogens is 5. The average Bonchev–Trinajstić information content (AvgIpc) is 2.91. The molecule has 0 aliphatic carbocycles. The van der Waals surface area contributed by atoms with E-state index in [-0.39, 0.29) is 0 Å². The first kappa shape index (κ1) is 12.1. The summed E-state index contributed by atoms with van der Waals surface area (Å²) in [5, 5.41) is 12.8. The van der Waals surface area contributed by atoms with Gasteiger partial charge in [0.15, 0.2) is 11.0 Å². The maximum absolute atomic E-state index is 5.58. The lowest BCUT2D eigenvalue weighted by molar-refractivity contribution is 0.389. The minimum Gasteiger partial charge on any atom is -0.340 e. The molecule has 0 bridgehead atoms. The zero-order valence-corrected chi connectivity index (χ0v) is 10.6. The fourth-order valence-electron chi connectivity index (χ4n) is 1.42. The Morgan fingerprint density at radius 1 is 1.41 bits per heavy atom. The van der Waals surface area contributed by atoms with Gasteiger partial charge in [0.1, 0.15) is 5.82 Å². The van der Waals surface area contributed by atoms with Crippen molar-refractivity contribution in [3.63, 3.8) is 0 Å². The van der Waals surface area contributed by atoms with Crippen LogP contribution in [0.1, 0.15) is 24.5 Å². The predicted octanol–water partition coefficient (Wildman–Crippen LogP) is 0.740. The van der Waals surface area contributed by atoms with Crippen LogP contribution in [-0.4, -0.2) is 24.9 Å². The Balaban J connectivity index is 2.06. The first-order valence-electron chi connectivity index (χ1n) is 5.28. The third-order valence-electron chi connectivity index (χ3n) is 2.19. The topological polar surface area (TPSA) is 95.7 Å². The molecular formula is C9H14N6OS. The second kappa shape index (κ2) is 5.28. The molecule has 0 saturated heterocycles. The lowest BCUT2D eigenvalue weighted by atomic mass is 10.6. The van der Waals surface area contributed by atoms with Crippen LogP contribution in [0.15, 0.2) is 9.68 Å². The maximum Gasteiger partial charge on any atom is 0.223 e. The zero-order chi connectivity index (χ0) is 12.3. The molecule has 0 aliphatic rings. The summed E-state index contributed by atoms with van der Waals surface area (Å²) in [6.07, 6.45) is 0. The molecule has 92 valence electrons. The fraction of sp³-hybridized carbons (Fsp3) is 0.556. The van der Waals surface area contributed by atoms with Crippen LogP contribution >= 0.6 is 11.8 Å². The van der Waals surface area contributed by atoms with Crippen molar-refractivity contribution in [3.05, 3.63) is 17.5 Å². The van der Waals surface area contributed by atoms with Gasteiger partial charge in [0.25, 0.3) is 0 Å². The van der Waals surface area contributed by atoms with Crippen LogP contribution in [0.25, 0.3) is 0 Å². The summed E-state index contributed by atoms with van der Waals surface area (Å²) in [6, 6.07) is 0. The van der Waals surface area contributed by atoms with Crippen LogP contribution in [0.4, 0.5) is 0 Å². The average molecular weight is 254 g/mol. The number of thioether (sulfide) groups is 1. The van der Waals surface area contributed by atoms with Crippen molar-refractivity contribution in [1.29, 1.82) is 0 Å². The van der Waals surface area contributed by atoms with Crippen molar-refractivity contribution >= 4 is 11.8 Å². The number of hydrogen-bond acceptors (Lipinski definition) is 7. The van der Waals surface area contributed by atoms with Gasteiger partial charge in [-0.1, -0.05) is 16.9 Å². The molecule has 2 aromatic heterocycles. The van der Waals surface area contributed by atoms with Crippen molar-refractivity contribution in [2.45, 2.75) is 37.8 Å². The van der Waals surface area contributed by atoms with Crippen LogP contribution in [0.2, 0.25) is 0 Å². The van der Waals surface area contributed by atoms with E-state index < -0.39 is 0 Å². The summed E-state index contributed by atoms with van der Waals surface area (Å²) in [4.78, 5) is 4.13. The van der Waals surface area contributed by atoms with Crippen molar-refractivity contribution in [3.8, 4) is 0 Å². The molecule has 7 nitrogen and oxygen atoms in total. The van der Waals surface area contributed by atoms with Gasteiger partial charge in [-0.2, -0.15) is 4.98 Å². The number of hydrogen-bond donors (Lipinski definition) is 1. The zero-order valence-electron chi connectivity index (χ0n) is 9.75. The highest BCUT2D eigenvalue weighted by Crippen LogP contribution is 2.20. The lowest BCUT2D eigenvalue weighted by Crippen LogP contribution is -2.08. The van der Waals surface area contributed by atoms with E-state index in [4.69, 9.17) is 10.3 Å². The smallest absolute Gasteiger partial charge is 0.223 e. The van der Waals surface area contributed by atoms with Crippen LogP contribution in [0.3, 0.4) is 0 Å². The summed E-state index contributed by atoms with van der Waals surface area (Å²) >= 11 is 1.52. The number of nitrogens with zero attached hydrogens (tertiary/aromatic N) is 5. The molecule has 2 rings (SSSR count). The van der Waals surface area contributed by atoms with E-state index in [2.05, 4.69) is 20.3 Å². The molecule has 0 amide bonds. The van der Waals surface area contributed by atoms with Crippen molar-refractivity contribution in [2.75, 3.05) is 0 Å². The molecule has 0 spiro atoms. The van der Waals surface area contributed by atoms with Crippen molar-refractivity contribution in [2.24, 2.45) is 5.73 Å². The number of nitrogens with two attached hydrogens (primary N) is 1. The molecule has 0 unspecified atom stereocenters. The lowest BCUT2D eigenvalue weighted by Gasteiger charge is -2.04. The monoisotopic (exact) mass is 254 g/mol. The van der Waals surface area contributed by atoms with Crippen LogP contribution in [0.5, 0.6) is 0 Å². The Labute approximate surface area is 103 Å². The van der Waals surface area contributed by atoms with Gasteiger partial charge in [0.05, 0.1) is 12.3 Å². The first-order chi connectivity index (χ1) is 8.24. The summed E-state index contributed by atoms with van der Waals surface area (Å²) in [6.45, 7) is 4.99. The molecule has 17 heavy (non-hydrogen) atoms. The minimum absolute atomic E-state index is 0.392. The normalized spacial score (nSPS) is 11.0. The fourth-order valence-corrected chi connectivity index (χ4v) is 2.29. The molecule has 0 fully saturated rings. The first-order valence-corrected chi connectivity index (χ1v) is 6.27. The maximum atomic E-state index is 5.58. The SMILES string of the molecule is CCn1c(CN)nnc1SCc1noc(C)n1. The second-order valence-electron chi connectivity index (χ2n) is 3.37. The minimum atomic E-state index is 0.392. The van der Waals surface area contributed by atoms with Crippen molar-refractivity contribution in [1.82, 2.24) is 24.9 Å². The van der Waals surface area contributed by atoms with Gasteiger partial charge in [-0.3, -0.25) is 0 Å². The Morgan fingerprint density at radius 3 is 2.82 bits per heavy atom. The highest BCUT2D eigenvalue weighted by molar-refractivity contribution is 7.98. The van der Waals surface area contributed by atoms with E-state index in [1.807, 2.05) is 11.5 Å². The van der Waals surface area contributed by atoms with Gasteiger partial charge in [0.2, 0.25) is 5.89 Å². The van der Waals surface area contributed by atoms with E-state index >= 15 is 0 Å². The Bertz CT molecular complexity index is 493. The molecule has 8 heteroatoms. The molecule has 0 saturated carbocycles. The highest BCUT2D eigenvalue weighted by atomic mass is 32.2. The van der Waals surface area contributed by atoms with E-state index in [9.17, 15) is 0 Å². The van der Waals surface area contributed by atoms with Gasteiger partial charge in [-0.15, -0.1) is 10.2 Å². The summed E-state index contributed by atoms with van der Waals surface area (Å²) in [7, 11) is 0. The van der Waals surface area contributed by atoms with Gasteiger partial charge >= 0.3 is 0 Å². The Hall–Kier alpha value is -1.41. The molecule has 2 aromatic rings. The molecule has 0 atom stereocenters. The highest BCUT2D eigenvalue weighted by Gasteiger charge is 2.11. The van der Waals surface area contributed by atoms with Crippen LogP contribution in [0, 0.1) is 6.92 Å². The largest absolute Gasteiger partial charge is 0.340 e. The summed E-state index contributed by atoms with van der Waals surface area (Å²) in [5.41, 5.74) is 5.58. The van der Waals surface area contributed by atoms with Gasteiger partial charge in [-0.25, -0.2) is 0 Å². The van der Waals surface area contributed by atoms with E-state index in [1.54, 1.807) is 6.92 Å². The van der Waals surface area contributed by atoms with E-state index in [1.165, 1.54) is 11.8 Å². The second-order valence-corrected chi connectivity index (χ2v) is 4.31. The van der Waals surface area contributed by atoms with Gasteiger partial charge in [-0.05, 0) is 6.92 Å². The molecule has 0 radical (unpaired) electrons.